The minimum Gasteiger partial charge on any atom is -0.396 e. The second kappa shape index (κ2) is 6.54. The molecule has 2 heterocycles. The molecule has 1 amide bonds. The Morgan fingerprint density at radius 3 is 2.48 bits per heavy atom. The Morgan fingerprint density at radius 2 is 1.96 bits per heavy atom. The zero-order valence-corrected chi connectivity index (χ0v) is 13.5. The molecular weight excluding hydrogens is 290 g/mol. The number of imidazole rings is 1. The molecule has 1 N–H and O–H groups in total. The van der Waals surface area contributed by atoms with Gasteiger partial charge in [0, 0.05) is 43.3 Å². The van der Waals surface area contributed by atoms with E-state index in [1.165, 1.54) is 0 Å². The SMILES string of the molecule is CCC1(CO)CCN(C(=O)c2ccc(-n3ccnc3)cc2)CC1. The van der Waals surface area contributed by atoms with E-state index in [4.69, 9.17) is 0 Å². The number of rotatable bonds is 4. The first-order chi connectivity index (χ1) is 11.2. The van der Waals surface area contributed by atoms with Crippen LogP contribution in [0.5, 0.6) is 0 Å². The summed E-state index contributed by atoms with van der Waals surface area (Å²) in [6, 6.07) is 7.60. The molecule has 1 aromatic carbocycles. The van der Waals surface area contributed by atoms with Crippen molar-refractivity contribution < 1.29 is 9.90 Å². The lowest BCUT2D eigenvalue weighted by Crippen LogP contribution is -2.44. The second-order valence-corrected chi connectivity index (χ2v) is 6.32. The Labute approximate surface area is 136 Å². The number of benzene rings is 1. The summed E-state index contributed by atoms with van der Waals surface area (Å²) >= 11 is 0. The molecule has 0 bridgehead atoms. The van der Waals surface area contributed by atoms with E-state index in [2.05, 4.69) is 11.9 Å². The van der Waals surface area contributed by atoms with Crippen LogP contribution < -0.4 is 0 Å². The molecule has 1 aromatic heterocycles. The maximum absolute atomic E-state index is 12.6. The Hall–Kier alpha value is -2.14. The van der Waals surface area contributed by atoms with Crippen LogP contribution in [0.2, 0.25) is 0 Å². The molecule has 23 heavy (non-hydrogen) atoms. The van der Waals surface area contributed by atoms with Gasteiger partial charge in [-0.1, -0.05) is 6.92 Å². The molecule has 0 saturated carbocycles. The van der Waals surface area contributed by atoms with E-state index in [1.807, 2.05) is 39.9 Å². The highest BCUT2D eigenvalue weighted by Gasteiger charge is 2.34. The van der Waals surface area contributed by atoms with Crippen molar-refractivity contribution >= 4 is 5.91 Å². The topological polar surface area (TPSA) is 58.4 Å². The lowest BCUT2D eigenvalue weighted by molar-refractivity contribution is 0.0338. The highest BCUT2D eigenvalue weighted by atomic mass is 16.3. The van der Waals surface area contributed by atoms with Crippen molar-refractivity contribution in [2.24, 2.45) is 5.41 Å². The molecule has 0 atom stereocenters. The van der Waals surface area contributed by atoms with E-state index in [0.717, 1.165) is 38.0 Å². The van der Waals surface area contributed by atoms with Crippen molar-refractivity contribution in [3.05, 3.63) is 48.5 Å². The van der Waals surface area contributed by atoms with E-state index in [0.29, 0.717) is 5.56 Å². The molecule has 1 aliphatic heterocycles. The molecule has 122 valence electrons. The van der Waals surface area contributed by atoms with E-state index in [1.54, 1.807) is 12.5 Å². The number of aliphatic hydroxyl groups is 1. The predicted octanol–water partition coefficient (Wildman–Crippen LogP) is 2.50. The molecule has 0 unspecified atom stereocenters. The van der Waals surface area contributed by atoms with Crippen molar-refractivity contribution in [1.29, 1.82) is 0 Å². The number of amides is 1. The van der Waals surface area contributed by atoms with E-state index in [9.17, 15) is 9.90 Å². The summed E-state index contributed by atoms with van der Waals surface area (Å²) in [4.78, 5) is 18.6. The van der Waals surface area contributed by atoms with Crippen LogP contribution in [-0.4, -0.2) is 45.2 Å². The van der Waals surface area contributed by atoms with Crippen molar-refractivity contribution in [3.8, 4) is 5.69 Å². The van der Waals surface area contributed by atoms with Crippen LogP contribution in [0.1, 0.15) is 36.5 Å². The third-order valence-electron chi connectivity index (χ3n) is 5.11. The largest absolute Gasteiger partial charge is 0.396 e. The molecule has 0 spiro atoms. The predicted molar refractivity (Wildman–Crippen MR) is 88.5 cm³/mol. The smallest absolute Gasteiger partial charge is 0.253 e. The highest BCUT2D eigenvalue weighted by Crippen LogP contribution is 2.34. The first-order valence-electron chi connectivity index (χ1n) is 8.16. The first kappa shape index (κ1) is 15.7. The van der Waals surface area contributed by atoms with Crippen LogP contribution in [0.15, 0.2) is 43.0 Å². The Morgan fingerprint density at radius 1 is 1.26 bits per heavy atom. The number of carbonyl (C=O) groups is 1. The number of aromatic nitrogens is 2. The van der Waals surface area contributed by atoms with Gasteiger partial charge >= 0.3 is 0 Å². The van der Waals surface area contributed by atoms with Crippen LogP contribution in [0, 0.1) is 5.41 Å². The van der Waals surface area contributed by atoms with Crippen molar-refractivity contribution in [2.75, 3.05) is 19.7 Å². The minimum atomic E-state index is 0.00204. The van der Waals surface area contributed by atoms with Gasteiger partial charge in [0.15, 0.2) is 0 Å². The average Bonchev–Trinajstić information content (AvgIpc) is 3.16. The van der Waals surface area contributed by atoms with Crippen LogP contribution in [0.25, 0.3) is 5.69 Å². The van der Waals surface area contributed by atoms with Crippen molar-refractivity contribution in [2.45, 2.75) is 26.2 Å². The van der Waals surface area contributed by atoms with Gasteiger partial charge in [0.05, 0.1) is 6.33 Å². The summed E-state index contributed by atoms with van der Waals surface area (Å²) in [5.74, 6) is 0.0739. The molecule has 0 radical (unpaired) electrons. The number of aliphatic hydroxyl groups excluding tert-OH is 1. The molecule has 2 aromatic rings. The Kier molecular flexibility index (Phi) is 4.48. The summed E-state index contributed by atoms with van der Waals surface area (Å²) < 4.78 is 1.91. The summed E-state index contributed by atoms with van der Waals surface area (Å²) in [6.07, 6.45) is 8.05. The molecule has 1 aliphatic rings. The maximum atomic E-state index is 12.6. The van der Waals surface area contributed by atoms with Gasteiger partial charge in [-0.2, -0.15) is 0 Å². The van der Waals surface area contributed by atoms with Gasteiger partial charge in [-0.15, -0.1) is 0 Å². The summed E-state index contributed by atoms with van der Waals surface area (Å²) in [6.45, 7) is 3.76. The third kappa shape index (κ3) is 3.15. The van der Waals surface area contributed by atoms with Gasteiger partial charge in [-0.3, -0.25) is 4.79 Å². The van der Waals surface area contributed by atoms with Crippen LogP contribution in [0.4, 0.5) is 0 Å². The summed E-state index contributed by atoms with van der Waals surface area (Å²) in [7, 11) is 0. The molecule has 1 fully saturated rings. The zero-order chi connectivity index (χ0) is 16.3. The van der Waals surface area contributed by atoms with Crippen LogP contribution in [-0.2, 0) is 0 Å². The molecule has 5 nitrogen and oxygen atoms in total. The number of nitrogens with zero attached hydrogens (tertiary/aromatic N) is 3. The molecular formula is C18H23N3O2. The minimum absolute atomic E-state index is 0.00204. The highest BCUT2D eigenvalue weighted by molar-refractivity contribution is 5.94. The molecule has 5 heteroatoms. The fraction of sp³-hybridized carbons (Fsp3) is 0.444. The van der Waals surface area contributed by atoms with Gasteiger partial charge in [-0.05, 0) is 48.9 Å². The zero-order valence-electron chi connectivity index (χ0n) is 13.5. The third-order valence-corrected chi connectivity index (χ3v) is 5.11. The van der Waals surface area contributed by atoms with Gasteiger partial charge in [0.25, 0.3) is 5.91 Å². The number of piperidine rings is 1. The second-order valence-electron chi connectivity index (χ2n) is 6.32. The van der Waals surface area contributed by atoms with Gasteiger partial charge < -0.3 is 14.6 Å². The maximum Gasteiger partial charge on any atom is 0.253 e. The van der Waals surface area contributed by atoms with E-state index in [-0.39, 0.29) is 17.9 Å². The molecule has 1 saturated heterocycles. The monoisotopic (exact) mass is 313 g/mol. The van der Waals surface area contributed by atoms with Gasteiger partial charge in [0.2, 0.25) is 0 Å². The fourth-order valence-corrected chi connectivity index (χ4v) is 3.18. The number of likely N-dealkylation sites (tertiary alicyclic amines) is 1. The number of carbonyl (C=O) groups excluding carboxylic acids is 1. The van der Waals surface area contributed by atoms with E-state index < -0.39 is 0 Å². The van der Waals surface area contributed by atoms with E-state index >= 15 is 0 Å². The van der Waals surface area contributed by atoms with Crippen LogP contribution in [0.3, 0.4) is 0 Å². The quantitative estimate of drug-likeness (QED) is 0.943. The number of hydrogen-bond acceptors (Lipinski definition) is 3. The Bertz CT molecular complexity index is 635. The van der Waals surface area contributed by atoms with Crippen molar-refractivity contribution in [3.63, 3.8) is 0 Å². The molecule has 3 rings (SSSR count). The first-order valence-corrected chi connectivity index (χ1v) is 8.16. The molecule has 0 aliphatic carbocycles. The summed E-state index contributed by atoms with van der Waals surface area (Å²) in [5, 5.41) is 9.59. The fourth-order valence-electron chi connectivity index (χ4n) is 3.18. The van der Waals surface area contributed by atoms with Crippen molar-refractivity contribution in [1.82, 2.24) is 14.5 Å². The summed E-state index contributed by atoms with van der Waals surface area (Å²) in [5.41, 5.74) is 1.70. The Balaban J connectivity index is 1.67. The standard InChI is InChI=1S/C18H23N3O2/c1-2-18(13-22)7-10-20(11-8-18)17(23)15-3-5-16(6-4-15)21-12-9-19-14-21/h3-6,9,12,14,22H,2,7-8,10-11,13H2,1H3. The normalized spacial score (nSPS) is 17.2. The van der Waals surface area contributed by atoms with Gasteiger partial charge in [-0.25, -0.2) is 4.98 Å². The average molecular weight is 313 g/mol. The number of hydrogen-bond donors (Lipinski definition) is 1. The lowest BCUT2D eigenvalue weighted by atomic mass is 9.77. The van der Waals surface area contributed by atoms with Crippen LogP contribution >= 0.6 is 0 Å². The lowest BCUT2D eigenvalue weighted by Gasteiger charge is -2.40. The van der Waals surface area contributed by atoms with Gasteiger partial charge in [0.1, 0.15) is 0 Å².